The number of hydrogen-bond donors (Lipinski definition) is 3. The van der Waals surface area contributed by atoms with Crippen molar-refractivity contribution in [3.05, 3.63) is 65.1 Å². The minimum atomic E-state index is -0.0919. The van der Waals surface area contributed by atoms with Gasteiger partial charge in [0.05, 0.1) is 23.8 Å². The van der Waals surface area contributed by atoms with Crippen molar-refractivity contribution in [3.8, 4) is 23.2 Å². The van der Waals surface area contributed by atoms with Crippen molar-refractivity contribution in [2.75, 3.05) is 25.1 Å². The summed E-state index contributed by atoms with van der Waals surface area (Å²) in [4.78, 5) is 17.5. The van der Waals surface area contributed by atoms with Crippen molar-refractivity contribution in [3.63, 3.8) is 0 Å². The van der Waals surface area contributed by atoms with Gasteiger partial charge in [0.25, 0.3) is 0 Å². The van der Waals surface area contributed by atoms with Crippen LogP contribution in [0.5, 0.6) is 17.5 Å². The van der Waals surface area contributed by atoms with E-state index in [0.29, 0.717) is 30.2 Å². The lowest BCUT2D eigenvalue weighted by Crippen LogP contribution is -2.36. The number of imidazole rings is 1. The smallest absolute Gasteiger partial charge is 0.326 e. The molecule has 0 amide bonds. The molecule has 8 nitrogen and oxygen atoms in total. The zero-order chi connectivity index (χ0) is 21.5. The lowest BCUT2D eigenvalue weighted by atomic mass is 10.0. The highest BCUT2D eigenvalue weighted by molar-refractivity contribution is 5.75. The van der Waals surface area contributed by atoms with Crippen molar-refractivity contribution in [2.45, 2.75) is 18.9 Å². The second-order valence-electron chi connectivity index (χ2n) is 7.78. The molecule has 0 spiro atoms. The van der Waals surface area contributed by atoms with E-state index in [2.05, 4.69) is 4.98 Å². The molecule has 3 heterocycles. The summed E-state index contributed by atoms with van der Waals surface area (Å²) in [7, 11) is 1.59. The first-order valence-corrected chi connectivity index (χ1v) is 10.3. The van der Waals surface area contributed by atoms with Gasteiger partial charge in [-0.1, -0.05) is 12.1 Å². The van der Waals surface area contributed by atoms with Gasteiger partial charge in [-0.05, 0) is 49.2 Å². The van der Waals surface area contributed by atoms with Gasteiger partial charge in [0.1, 0.15) is 11.4 Å². The molecule has 0 unspecified atom stereocenters. The van der Waals surface area contributed by atoms with E-state index < -0.39 is 0 Å². The Morgan fingerprint density at radius 3 is 2.45 bits per heavy atom. The Bertz CT molecular complexity index is 1280. The van der Waals surface area contributed by atoms with Crippen molar-refractivity contribution < 1.29 is 14.9 Å². The van der Waals surface area contributed by atoms with Crippen molar-refractivity contribution in [1.82, 2.24) is 14.1 Å². The lowest BCUT2D eigenvalue weighted by Gasteiger charge is -2.33. The van der Waals surface area contributed by atoms with Crippen molar-refractivity contribution >= 4 is 16.7 Å². The molecule has 4 aromatic rings. The summed E-state index contributed by atoms with van der Waals surface area (Å²) >= 11 is 0. The highest BCUT2D eigenvalue weighted by Gasteiger charge is 2.27. The molecule has 2 aromatic heterocycles. The summed E-state index contributed by atoms with van der Waals surface area (Å²) in [6.45, 7) is 1.33. The van der Waals surface area contributed by atoms with Gasteiger partial charge in [0.2, 0.25) is 11.8 Å². The number of rotatable bonds is 4. The number of nitrogens with zero attached hydrogens (tertiary/aromatic N) is 3. The van der Waals surface area contributed by atoms with Gasteiger partial charge < -0.3 is 24.8 Å². The number of ether oxygens (including phenoxy) is 1. The van der Waals surface area contributed by atoms with Gasteiger partial charge in [-0.15, -0.1) is 0 Å². The minimum absolute atomic E-state index is 0.00891. The van der Waals surface area contributed by atoms with E-state index in [0.717, 1.165) is 23.9 Å². The Hall–Kier alpha value is -3.81. The fourth-order valence-corrected chi connectivity index (χ4v) is 4.49. The van der Waals surface area contributed by atoms with E-state index in [4.69, 9.17) is 4.74 Å². The standard InChI is InChI=1S/C23H24N4O4/c1-31-17-8-6-15(7-9-17)27-21(28)14-20(22(27)29)25-12-10-16(11-13-25)26-19-5-3-2-4-18(19)24-23(26)30/h2-9,14,16,28-29H,10-13H2,1H3,(H,24,30). The zero-order valence-corrected chi connectivity index (χ0v) is 17.2. The van der Waals surface area contributed by atoms with Crippen LogP contribution >= 0.6 is 0 Å². The first kappa shape index (κ1) is 19.2. The molecule has 0 atom stereocenters. The number of aromatic amines is 1. The van der Waals surface area contributed by atoms with E-state index in [1.165, 1.54) is 4.57 Å². The molecule has 1 aliphatic heterocycles. The van der Waals surface area contributed by atoms with Crippen LogP contribution in [-0.2, 0) is 0 Å². The SMILES string of the molecule is COc1ccc(-n2c(O)cc(N3CCC(n4c(=O)[nH]c5ccccc54)CC3)c2O)cc1. The van der Waals surface area contributed by atoms with E-state index >= 15 is 0 Å². The molecular formula is C23H24N4O4. The number of benzene rings is 2. The molecular weight excluding hydrogens is 396 g/mol. The highest BCUT2D eigenvalue weighted by atomic mass is 16.5. The number of para-hydroxylation sites is 2. The van der Waals surface area contributed by atoms with Gasteiger partial charge in [-0.2, -0.15) is 0 Å². The van der Waals surface area contributed by atoms with Gasteiger partial charge in [0.15, 0.2) is 0 Å². The van der Waals surface area contributed by atoms with Crippen molar-refractivity contribution in [1.29, 1.82) is 0 Å². The fourth-order valence-electron chi connectivity index (χ4n) is 4.49. The van der Waals surface area contributed by atoms with Crippen LogP contribution < -0.4 is 15.3 Å². The first-order valence-electron chi connectivity index (χ1n) is 10.3. The highest BCUT2D eigenvalue weighted by Crippen LogP contribution is 2.40. The van der Waals surface area contributed by atoms with Gasteiger partial charge in [0, 0.05) is 25.2 Å². The summed E-state index contributed by atoms with van der Waals surface area (Å²) in [6, 6.07) is 16.5. The van der Waals surface area contributed by atoms with E-state index in [1.54, 1.807) is 37.4 Å². The van der Waals surface area contributed by atoms with E-state index in [-0.39, 0.29) is 23.5 Å². The van der Waals surface area contributed by atoms with Gasteiger partial charge in [-0.3, -0.25) is 4.57 Å². The van der Waals surface area contributed by atoms with Crippen LogP contribution in [0.15, 0.2) is 59.4 Å². The van der Waals surface area contributed by atoms with Crippen LogP contribution in [0.1, 0.15) is 18.9 Å². The first-order chi connectivity index (χ1) is 15.1. The van der Waals surface area contributed by atoms with Crippen LogP contribution in [0, 0.1) is 0 Å². The van der Waals surface area contributed by atoms with Crippen LogP contribution in [0.2, 0.25) is 0 Å². The molecule has 2 aromatic carbocycles. The second-order valence-corrected chi connectivity index (χ2v) is 7.78. The van der Waals surface area contributed by atoms with Gasteiger partial charge in [-0.25, -0.2) is 9.36 Å². The Kier molecular flexibility index (Phi) is 4.62. The number of aromatic nitrogens is 3. The van der Waals surface area contributed by atoms with Crippen LogP contribution in [0.25, 0.3) is 16.7 Å². The number of nitrogens with one attached hydrogen (secondary N) is 1. The predicted octanol–water partition coefficient (Wildman–Crippen LogP) is 3.38. The average molecular weight is 420 g/mol. The Labute approximate surface area is 178 Å². The summed E-state index contributed by atoms with van der Waals surface area (Å²) in [5, 5.41) is 21.3. The molecule has 1 saturated heterocycles. The molecule has 0 saturated carbocycles. The van der Waals surface area contributed by atoms with Crippen LogP contribution in [-0.4, -0.2) is 44.5 Å². The summed E-state index contributed by atoms with van der Waals surface area (Å²) in [5.41, 5.74) is 2.89. The summed E-state index contributed by atoms with van der Waals surface area (Å²) in [5.74, 6) is 0.655. The van der Waals surface area contributed by atoms with E-state index in [9.17, 15) is 15.0 Å². The summed E-state index contributed by atoms with van der Waals surface area (Å²) in [6.07, 6.45) is 1.52. The molecule has 8 heteroatoms. The van der Waals surface area contributed by atoms with Crippen molar-refractivity contribution in [2.24, 2.45) is 0 Å². The molecule has 3 N–H and O–H groups in total. The number of anilines is 1. The number of H-pyrrole nitrogens is 1. The largest absolute Gasteiger partial charge is 0.497 e. The topological polar surface area (TPSA) is 95.7 Å². The fraction of sp³-hybridized carbons (Fsp3) is 0.261. The monoisotopic (exact) mass is 420 g/mol. The number of piperidine rings is 1. The molecule has 0 aliphatic carbocycles. The number of methoxy groups -OCH3 is 1. The Balaban J connectivity index is 1.38. The zero-order valence-electron chi connectivity index (χ0n) is 17.2. The number of aromatic hydroxyl groups is 2. The summed E-state index contributed by atoms with van der Waals surface area (Å²) < 4.78 is 8.42. The molecule has 0 bridgehead atoms. The molecule has 1 fully saturated rings. The maximum Gasteiger partial charge on any atom is 0.326 e. The third-order valence-electron chi connectivity index (χ3n) is 6.06. The maximum absolute atomic E-state index is 12.5. The lowest BCUT2D eigenvalue weighted by molar-refractivity contribution is 0.386. The quantitative estimate of drug-likeness (QED) is 0.470. The maximum atomic E-state index is 12.5. The van der Waals surface area contributed by atoms with E-state index in [1.807, 2.05) is 33.7 Å². The van der Waals surface area contributed by atoms with Crippen LogP contribution in [0.4, 0.5) is 5.69 Å². The minimum Gasteiger partial charge on any atom is -0.497 e. The van der Waals surface area contributed by atoms with Gasteiger partial charge >= 0.3 is 5.69 Å². The predicted molar refractivity (Wildman–Crippen MR) is 119 cm³/mol. The number of hydrogen-bond acceptors (Lipinski definition) is 5. The normalized spacial score (nSPS) is 14.9. The molecule has 0 radical (unpaired) electrons. The second kappa shape index (κ2) is 7.46. The third kappa shape index (κ3) is 3.20. The Morgan fingerprint density at radius 2 is 1.74 bits per heavy atom. The average Bonchev–Trinajstić information content (AvgIpc) is 3.29. The molecule has 5 rings (SSSR count). The molecule has 160 valence electrons. The van der Waals surface area contributed by atoms with Crippen LogP contribution in [0.3, 0.4) is 0 Å². The molecule has 1 aliphatic rings. The number of fused-ring (bicyclic) bond motifs is 1. The Morgan fingerprint density at radius 1 is 1.03 bits per heavy atom. The third-order valence-corrected chi connectivity index (χ3v) is 6.06. The molecule has 31 heavy (non-hydrogen) atoms.